The highest BCUT2D eigenvalue weighted by molar-refractivity contribution is 5.38. The van der Waals surface area contributed by atoms with Gasteiger partial charge in [0.25, 0.3) is 0 Å². The molecular formula is C11H12N8. The Morgan fingerprint density at radius 2 is 2.11 bits per heavy atom. The van der Waals surface area contributed by atoms with Gasteiger partial charge >= 0.3 is 0 Å². The monoisotopic (exact) mass is 256 g/mol. The summed E-state index contributed by atoms with van der Waals surface area (Å²) in [4.78, 5) is 4.05. The van der Waals surface area contributed by atoms with Crippen LogP contribution in [0, 0.1) is 0 Å². The first-order chi connectivity index (χ1) is 9.43. The number of para-hydroxylation sites is 1. The molecule has 0 spiro atoms. The van der Waals surface area contributed by atoms with Gasteiger partial charge in [0.1, 0.15) is 12.2 Å². The second kappa shape index (κ2) is 5.25. The van der Waals surface area contributed by atoms with Crippen molar-refractivity contribution in [1.82, 2.24) is 35.4 Å². The van der Waals surface area contributed by atoms with Crippen molar-refractivity contribution in [3.8, 4) is 5.69 Å². The number of H-pyrrole nitrogens is 1. The standard InChI is InChI=1S/C11H12N8/c1-2-4-9(5-3-1)19-11(16-17-18-19)12-7-6-10-13-8-14-15-10/h1-5,8H,6-7H2,(H,12,16,18)(H,13,14,15). The average Bonchev–Trinajstić information content (AvgIpc) is 3.11. The van der Waals surface area contributed by atoms with E-state index in [9.17, 15) is 0 Å². The number of aromatic nitrogens is 7. The lowest BCUT2D eigenvalue weighted by molar-refractivity contribution is 0.787. The minimum atomic E-state index is 0.603. The van der Waals surface area contributed by atoms with Gasteiger partial charge in [0.15, 0.2) is 0 Å². The number of hydrogen-bond acceptors (Lipinski definition) is 6. The normalized spacial score (nSPS) is 10.5. The van der Waals surface area contributed by atoms with Gasteiger partial charge in [0.05, 0.1) is 5.69 Å². The molecule has 8 heteroatoms. The van der Waals surface area contributed by atoms with Crippen molar-refractivity contribution < 1.29 is 0 Å². The van der Waals surface area contributed by atoms with Gasteiger partial charge in [0.2, 0.25) is 5.95 Å². The molecule has 0 bridgehead atoms. The highest BCUT2D eigenvalue weighted by Gasteiger charge is 2.07. The van der Waals surface area contributed by atoms with E-state index >= 15 is 0 Å². The number of anilines is 1. The maximum atomic E-state index is 4.05. The van der Waals surface area contributed by atoms with E-state index in [1.807, 2.05) is 30.3 Å². The van der Waals surface area contributed by atoms with E-state index in [1.54, 1.807) is 4.68 Å². The van der Waals surface area contributed by atoms with E-state index in [-0.39, 0.29) is 0 Å². The zero-order chi connectivity index (χ0) is 12.9. The minimum Gasteiger partial charge on any atom is -0.352 e. The molecule has 0 saturated carbocycles. The lowest BCUT2D eigenvalue weighted by atomic mass is 10.3. The Labute approximate surface area is 108 Å². The molecule has 0 radical (unpaired) electrons. The molecule has 19 heavy (non-hydrogen) atoms. The Morgan fingerprint density at radius 1 is 1.21 bits per heavy atom. The van der Waals surface area contributed by atoms with E-state index in [0.29, 0.717) is 12.5 Å². The number of nitrogens with zero attached hydrogens (tertiary/aromatic N) is 6. The molecule has 0 atom stereocenters. The molecule has 0 saturated heterocycles. The number of benzene rings is 1. The number of aromatic amines is 1. The molecule has 3 aromatic rings. The van der Waals surface area contributed by atoms with Gasteiger partial charge < -0.3 is 5.32 Å². The first-order valence-corrected chi connectivity index (χ1v) is 5.85. The molecule has 1 aromatic carbocycles. The van der Waals surface area contributed by atoms with Gasteiger partial charge in [-0.2, -0.15) is 9.78 Å². The van der Waals surface area contributed by atoms with E-state index < -0.39 is 0 Å². The van der Waals surface area contributed by atoms with Crippen molar-refractivity contribution >= 4 is 5.95 Å². The lowest BCUT2D eigenvalue weighted by Gasteiger charge is -2.05. The fourth-order valence-electron chi connectivity index (χ4n) is 1.68. The van der Waals surface area contributed by atoms with Gasteiger partial charge in [-0.25, -0.2) is 4.98 Å². The first kappa shape index (κ1) is 11.3. The molecule has 0 amide bonds. The largest absolute Gasteiger partial charge is 0.352 e. The predicted molar refractivity (Wildman–Crippen MR) is 67.7 cm³/mol. The highest BCUT2D eigenvalue weighted by atomic mass is 15.6. The van der Waals surface area contributed by atoms with Crippen LogP contribution in [-0.4, -0.2) is 41.9 Å². The summed E-state index contributed by atoms with van der Waals surface area (Å²) in [5.41, 5.74) is 0.912. The summed E-state index contributed by atoms with van der Waals surface area (Å²) in [7, 11) is 0. The number of rotatable bonds is 5. The maximum absolute atomic E-state index is 4.05. The lowest BCUT2D eigenvalue weighted by Crippen LogP contribution is -2.11. The Hall–Kier alpha value is -2.77. The second-order valence-corrected chi connectivity index (χ2v) is 3.86. The fraction of sp³-hybridized carbons (Fsp3) is 0.182. The third-order valence-electron chi connectivity index (χ3n) is 2.58. The van der Waals surface area contributed by atoms with Crippen LogP contribution in [0.25, 0.3) is 5.69 Å². The van der Waals surface area contributed by atoms with Crippen molar-refractivity contribution in [1.29, 1.82) is 0 Å². The summed E-state index contributed by atoms with van der Waals surface area (Å²) in [5, 5.41) is 21.4. The van der Waals surface area contributed by atoms with Crippen molar-refractivity contribution in [3.05, 3.63) is 42.5 Å². The minimum absolute atomic E-state index is 0.603. The third-order valence-corrected chi connectivity index (χ3v) is 2.58. The Balaban J connectivity index is 1.67. The summed E-state index contributed by atoms with van der Waals surface area (Å²) in [5.74, 6) is 1.43. The molecule has 0 fully saturated rings. The van der Waals surface area contributed by atoms with Crippen molar-refractivity contribution in [2.45, 2.75) is 6.42 Å². The molecule has 0 aliphatic carbocycles. The summed E-state index contributed by atoms with van der Waals surface area (Å²) in [6, 6.07) is 9.71. The van der Waals surface area contributed by atoms with Crippen LogP contribution in [0.3, 0.4) is 0 Å². The molecule has 2 N–H and O–H groups in total. The van der Waals surface area contributed by atoms with Gasteiger partial charge in [-0.05, 0) is 22.6 Å². The molecule has 96 valence electrons. The smallest absolute Gasteiger partial charge is 0.247 e. The Morgan fingerprint density at radius 3 is 2.89 bits per heavy atom. The summed E-state index contributed by atoms with van der Waals surface area (Å²) in [6.07, 6.45) is 2.21. The Kier molecular flexibility index (Phi) is 3.13. The maximum Gasteiger partial charge on any atom is 0.247 e. The number of hydrogen-bond donors (Lipinski definition) is 2. The topological polar surface area (TPSA) is 97.2 Å². The molecule has 0 aliphatic rings. The third kappa shape index (κ3) is 2.57. The number of tetrazole rings is 1. The van der Waals surface area contributed by atoms with E-state index in [4.69, 9.17) is 0 Å². The molecule has 2 aromatic heterocycles. The van der Waals surface area contributed by atoms with Crippen LogP contribution in [0.5, 0.6) is 0 Å². The van der Waals surface area contributed by atoms with Crippen LogP contribution in [0.1, 0.15) is 5.82 Å². The summed E-state index contributed by atoms with van der Waals surface area (Å²) >= 11 is 0. The molecular weight excluding hydrogens is 244 g/mol. The van der Waals surface area contributed by atoms with Crippen LogP contribution < -0.4 is 5.32 Å². The zero-order valence-corrected chi connectivity index (χ0v) is 10.1. The zero-order valence-electron chi connectivity index (χ0n) is 10.1. The molecule has 0 unspecified atom stereocenters. The highest BCUT2D eigenvalue weighted by Crippen LogP contribution is 2.10. The van der Waals surface area contributed by atoms with Crippen molar-refractivity contribution in [2.75, 3.05) is 11.9 Å². The average molecular weight is 256 g/mol. The van der Waals surface area contributed by atoms with Crippen LogP contribution in [0.2, 0.25) is 0 Å². The summed E-state index contributed by atoms with van der Waals surface area (Å²) < 4.78 is 1.65. The molecule has 3 rings (SSSR count). The van der Waals surface area contributed by atoms with Gasteiger partial charge in [-0.15, -0.1) is 0 Å². The van der Waals surface area contributed by atoms with Crippen molar-refractivity contribution in [3.63, 3.8) is 0 Å². The van der Waals surface area contributed by atoms with Crippen LogP contribution in [0.4, 0.5) is 5.95 Å². The van der Waals surface area contributed by atoms with Gasteiger partial charge in [0, 0.05) is 13.0 Å². The van der Waals surface area contributed by atoms with Gasteiger partial charge in [-0.1, -0.05) is 23.3 Å². The molecule has 0 aliphatic heterocycles. The second-order valence-electron chi connectivity index (χ2n) is 3.86. The van der Waals surface area contributed by atoms with Crippen LogP contribution in [-0.2, 0) is 6.42 Å². The SMILES string of the molecule is c1ccc(-n2nnnc2NCCc2ncn[nH]2)cc1. The van der Waals surface area contributed by atoms with E-state index in [2.05, 4.69) is 36.0 Å². The van der Waals surface area contributed by atoms with E-state index in [0.717, 1.165) is 17.9 Å². The van der Waals surface area contributed by atoms with Crippen LogP contribution in [0.15, 0.2) is 36.7 Å². The fourth-order valence-corrected chi connectivity index (χ4v) is 1.68. The van der Waals surface area contributed by atoms with Gasteiger partial charge in [-0.3, -0.25) is 5.10 Å². The predicted octanol–water partition coefficient (Wildman–Crippen LogP) is 0.435. The van der Waals surface area contributed by atoms with Crippen LogP contribution >= 0.6 is 0 Å². The first-order valence-electron chi connectivity index (χ1n) is 5.85. The molecule has 2 heterocycles. The number of nitrogens with one attached hydrogen (secondary N) is 2. The quantitative estimate of drug-likeness (QED) is 0.687. The Bertz CT molecular complexity index is 615. The van der Waals surface area contributed by atoms with E-state index in [1.165, 1.54) is 6.33 Å². The van der Waals surface area contributed by atoms with Crippen molar-refractivity contribution in [2.24, 2.45) is 0 Å². The molecule has 8 nitrogen and oxygen atoms in total. The summed E-state index contributed by atoms with van der Waals surface area (Å²) in [6.45, 7) is 0.669.